The second-order valence-corrected chi connectivity index (χ2v) is 8.21. The number of hydrogen-bond acceptors (Lipinski definition) is 4. The molecule has 23 heavy (non-hydrogen) atoms. The SMILES string of the molecule is Cc1ccc(CNS(=O)(=O)c2cc(-c3ccnn3C)cs2)cc1. The van der Waals surface area contributed by atoms with Crippen LogP contribution in [-0.2, 0) is 23.6 Å². The number of nitrogens with zero attached hydrogens (tertiary/aromatic N) is 2. The molecule has 1 aromatic carbocycles. The molecule has 2 aromatic heterocycles. The van der Waals surface area contributed by atoms with Crippen LogP contribution in [0.15, 0.2) is 52.2 Å². The molecule has 1 N–H and O–H groups in total. The van der Waals surface area contributed by atoms with Crippen LogP contribution < -0.4 is 4.72 Å². The van der Waals surface area contributed by atoms with Gasteiger partial charge in [0.05, 0.1) is 5.69 Å². The molecule has 0 saturated carbocycles. The summed E-state index contributed by atoms with van der Waals surface area (Å²) in [5, 5.41) is 5.93. The predicted molar refractivity (Wildman–Crippen MR) is 91.7 cm³/mol. The third-order valence-electron chi connectivity index (χ3n) is 3.54. The van der Waals surface area contributed by atoms with Crippen LogP contribution in [0.2, 0.25) is 0 Å². The molecule has 0 amide bonds. The fourth-order valence-electron chi connectivity index (χ4n) is 2.20. The van der Waals surface area contributed by atoms with E-state index in [1.165, 1.54) is 11.3 Å². The zero-order chi connectivity index (χ0) is 16.4. The summed E-state index contributed by atoms with van der Waals surface area (Å²) >= 11 is 1.21. The fraction of sp³-hybridized carbons (Fsp3) is 0.188. The van der Waals surface area contributed by atoms with Crippen LogP contribution >= 0.6 is 11.3 Å². The first-order valence-electron chi connectivity index (χ1n) is 7.08. The van der Waals surface area contributed by atoms with E-state index >= 15 is 0 Å². The van der Waals surface area contributed by atoms with Crippen molar-refractivity contribution in [1.29, 1.82) is 0 Å². The number of aryl methyl sites for hydroxylation is 2. The second kappa shape index (κ2) is 6.27. The molecule has 2 heterocycles. The minimum atomic E-state index is -3.51. The molecule has 120 valence electrons. The van der Waals surface area contributed by atoms with E-state index in [0.717, 1.165) is 22.4 Å². The summed E-state index contributed by atoms with van der Waals surface area (Å²) in [6, 6.07) is 11.3. The average Bonchev–Trinajstić information content (AvgIpc) is 3.15. The molecule has 0 atom stereocenters. The van der Waals surface area contributed by atoms with Gasteiger partial charge in [-0.1, -0.05) is 29.8 Å². The largest absolute Gasteiger partial charge is 0.268 e. The zero-order valence-corrected chi connectivity index (χ0v) is 14.5. The van der Waals surface area contributed by atoms with Crippen LogP contribution in [0.3, 0.4) is 0 Å². The van der Waals surface area contributed by atoms with Crippen molar-refractivity contribution in [3.63, 3.8) is 0 Å². The van der Waals surface area contributed by atoms with E-state index in [9.17, 15) is 8.42 Å². The van der Waals surface area contributed by atoms with E-state index in [1.807, 2.05) is 49.7 Å². The van der Waals surface area contributed by atoms with Crippen molar-refractivity contribution in [3.8, 4) is 11.3 Å². The number of thiophene rings is 1. The lowest BCUT2D eigenvalue weighted by Gasteiger charge is -2.05. The van der Waals surface area contributed by atoms with Crippen molar-refractivity contribution in [3.05, 3.63) is 59.1 Å². The van der Waals surface area contributed by atoms with Crippen LogP contribution in [0.25, 0.3) is 11.3 Å². The van der Waals surface area contributed by atoms with E-state index in [2.05, 4.69) is 9.82 Å². The summed E-state index contributed by atoms with van der Waals surface area (Å²) in [6.45, 7) is 2.28. The molecule has 0 aliphatic heterocycles. The smallest absolute Gasteiger partial charge is 0.250 e. The van der Waals surface area contributed by atoms with Gasteiger partial charge in [-0.25, -0.2) is 13.1 Å². The standard InChI is InChI=1S/C16H17N3O2S2/c1-12-3-5-13(6-4-12)10-18-23(20,21)16-9-14(11-22-16)15-7-8-17-19(15)2/h3-9,11,18H,10H2,1-2H3. The van der Waals surface area contributed by atoms with Crippen LogP contribution in [0.1, 0.15) is 11.1 Å². The Hall–Kier alpha value is -1.96. The molecule has 7 heteroatoms. The molecule has 0 radical (unpaired) electrons. The number of benzene rings is 1. The number of rotatable bonds is 5. The van der Waals surface area contributed by atoms with Gasteiger partial charge in [-0.3, -0.25) is 4.68 Å². The van der Waals surface area contributed by atoms with Gasteiger partial charge in [-0.15, -0.1) is 11.3 Å². The van der Waals surface area contributed by atoms with Crippen LogP contribution in [-0.4, -0.2) is 18.2 Å². The Labute approximate surface area is 139 Å². The first-order chi connectivity index (χ1) is 11.0. The molecular formula is C16H17N3O2S2. The van der Waals surface area contributed by atoms with Gasteiger partial charge in [0.1, 0.15) is 4.21 Å². The maximum atomic E-state index is 12.4. The first kappa shape index (κ1) is 15.9. The third kappa shape index (κ3) is 3.52. The van der Waals surface area contributed by atoms with Gasteiger partial charge in [-0.2, -0.15) is 5.10 Å². The summed E-state index contributed by atoms with van der Waals surface area (Å²) in [6.07, 6.45) is 1.69. The molecule has 5 nitrogen and oxygen atoms in total. The Balaban J connectivity index is 1.76. The summed E-state index contributed by atoms with van der Waals surface area (Å²) < 4.78 is 29.5. The summed E-state index contributed by atoms with van der Waals surface area (Å²) in [4.78, 5) is 0. The van der Waals surface area contributed by atoms with Gasteiger partial charge in [0, 0.05) is 30.7 Å². The van der Waals surface area contributed by atoms with Crippen molar-refractivity contribution in [2.24, 2.45) is 7.05 Å². The normalized spacial score (nSPS) is 11.7. The van der Waals surface area contributed by atoms with E-state index in [1.54, 1.807) is 16.9 Å². The van der Waals surface area contributed by atoms with Crippen LogP contribution in [0.5, 0.6) is 0 Å². The monoisotopic (exact) mass is 347 g/mol. The van der Waals surface area contributed by atoms with Crippen LogP contribution in [0.4, 0.5) is 0 Å². The number of aromatic nitrogens is 2. The number of nitrogens with one attached hydrogen (secondary N) is 1. The highest BCUT2D eigenvalue weighted by molar-refractivity contribution is 7.91. The topological polar surface area (TPSA) is 64.0 Å². The van der Waals surface area contributed by atoms with Crippen molar-refractivity contribution in [2.45, 2.75) is 17.7 Å². The lowest BCUT2D eigenvalue weighted by atomic mass is 10.2. The van der Waals surface area contributed by atoms with E-state index < -0.39 is 10.0 Å². The summed E-state index contributed by atoms with van der Waals surface area (Å²) in [5.41, 5.74) is 3.82. The highest BCUT2D eigenvalue weighted by Crippen LogP contribution is 2.28. The molecule has 3 aromatic rings. The van der Waals surface area contributed by atoms with Gasteiger partial charge in [0.2, 0.25) is 10.0 Å². The van der Waals surface area contributed by atoms with Gasteiger partial charge in [-0.05, 0) is 24.6 Å². The second-order valence-electron chi connectivity index (χ2n) is 5.30. The van der Waals surface area contributed by atoms with Gasteiger partial charge < -0.3 is 0 Å². The molecule has 0 saturated heterocycles. The van der Waals surface area contributed by atoms with Gasteiger partial charge >= 0.3 is 0 Å². The maximum absolute atomic E-state index is 12.4. The molecule has 0 bridgehead atoms. The molecule has 3 rings (SSSR count). The lowest BCUT2D eigenvalue weighted by molar-refractivity contribution is 0.583. The van der Waals surface area contributed by atoms with E-state index in [4.69, 9.17) is 0 Å². The summed E-state index contributed by atoms with van der Waals surface area (Å²) in [7, 11) is -1.68. The number of sulfonamides is 1. The maximum Gasteiger partial charge on any atom is 0.250 e. The van der Waals surface area contributed by atoms with Crippen molar-refractivity contribution in [2.75, 3.05) is 0 Å². The molecule has 0 aliphatic carbocycles. The lowest BCUT2D eigenvalue weighted by Crippen LogP contribution is -2.22. The molecule has 0 fully saturated rings. The number of hydrogen-bond donors (Lipinski definition) is 1. The first-order valence-corrected chi connectivity index (χ1v) is 9.44. The Morgan fingerprint density at radius 2 is 1.96 bits per heavy atom. The Morgan fingerprint density at radius 1 is 1.22 bits per heavy atom. The molecule has 0 unspecified atom stereocenters. The Kier molecular flexibility index (Phi) is 4.34. The predicted octanol–water partition coefficient (Wildman–Crippen LogP) is 2.94. The quantitative estimate of drug-likeness (QED) is 0.772. The van der Waals surface area contributed by atoms with E-state index in [-0.39, 0.29) is 6.54 Å². The minimum absolute atomic E-state index is 0.279. The minimum Gasteiger partial charge on any atom is -0.268 e. The zero-order valence-electron chi connectivity index (χ0n) is 12.9. The highest BCUT2D eigenvalue weighted by Gasteiger charge is 2.17. The van der Waals surface area contributed by atoms with Crippen LogP contribution in [0, 0.1) is 6.92 Å². The molecule has 0 spiro atoms. The third-order valence-corrected chi connectivity index (χ3v) is 6.38. The molecular weight excluding hydrogens is 330 g/mol. The summed E-state index contributed by atoms with van der Waals surface area (Å²) in [5.74, 6) is 0. The highest BCUT2D eigenvalue weighted by atomic mass is 32.2. The Morgan fingerprint density at radius 3 is 2.61 bits per heavy atom. The molecule has 0 aliphatic rings. The van der Waals surface area contributed by atoms with Gasteiger partial charge in [0.25, 0.3) is 0 Å². The van der Waals surface area contributed by atoms with Crippen molar-refractivity contribution < 1.29 is 8.42 Å². The Bertz CT molecular complexity index is 909. The van der Waals surface area contributed by atoms with Gasteiger partial charge in [0.15, 0.2) is 0 Å². The fourth-order valence-corrected chi connectivity index (χ4v) is 4.44. The van der Waals surface area contributed by atoms with Crippen molar-refractivity contribution in [1.82, 2.24) is 14.5 Å². The van der Waals surface area contributed by atoms with E-state index in [0.29, 0.717) is 4.21 Å². The van der Waals surface area contributed by atoms with Crippen molar-refractivity contribution >= 4 is 21.4 Å². The average molecular weight is 347 g/mol.